The summed E-state index contributed by atoms with van der Waals surface area (Å²) in [4.78, 5) is 24.1. The largest absolute Gasteiger partial charge is 0.464 e. The molecule has 6 nitrogen and oxygen atoms in total. The normalized spacial score (nSPS) is 10.6. The smallest absolute Gasteiger partial charge is 0.354 e. The van der Waals surface area contributed by atoms with E-state index in [2.05, 4.69) is 5.32 Å². The van der Waals surface area contributed by atoms with E-state index in [1.165, 1.54) is 7.11 Å². The van der Waals surface area contributed by atoms with Gasteiger partial charge in [0.2, 0.25) is 0 Å². The predicted octanol–water partition coefficient (Wildman–Crippen LogP) is 3.38. The minimum Gasteiger partial charge on any atom is -0.464 e. The van der Waals surface area contributed by atoms with Crippen molar-refractivity contribution in [2.75, 3.05) is 12.4 Å². The number of nitrogens with zero attached hydrogens (tertiary/aromatic N) is 2. The fourth-order valence-corrected chi connectivity index (χ4v) is 2.93. The van der Waals surface area contributed by atoms with E-state index in [0.29, 0.717) is 17.1 Å². The van der Waals surface area contributed by atoms with E-state index >= 15 is 0 Å². The molecule has 0 fully saturated rings. The van der Waals surface area contributed by atoms with Gasteiger partial charge in [0.05, 0.1) is 7.11 Å². The van der Waals surface area contributed by atoms with Gasteiger partial charge in [-0.15, -0.1) is 0 Å². The van der Waals surface area contributed by atoms with Gasteiger partial charge in [-0.05, 0) is 42.3 Å². The van der Waals surface area contributed by atoms with Gasteiger partial charge in [-0.2, -0.15) is 0 Å². The summed E-state index contributed by atoms with van der Waals surface area (Å²) in [6.45, 7) is 1.95. The highest BCUT2D eigenvalue weighted by molar-refractivity contribution is 6.03. The average molecular weight is 351 g/mol. The molecule has 26 heavy (non-hydrogen) atoms. The van der Waals surface area contributed by atoms with Crippen LogP contribution in [0.15, 0.2) is 48.8 Å². The molecule has 1 aromatic carbocycles. The molecular formula is C20H21N3O3. The molecule has 0 unspecified atom stereocenters. The molecule has 1 amide bonds. The van der Waals surface area contributed by atoms with E-state index < -0.39 is 0 Å². The number of benzene rings is 1. The maximum Gasteiger partial charge on any atom is 0.354 e. The Hall–Kier alpha value is -3.28. The van der Waals surface area contributed by atoms with E-state index in [4.69, 9.17) is 4.74 Å². The van der Waals surface area contributed by atoms with Crippen LogP contribution in [0.25, 0.3) is 11.1 Å². The van der Waals surface area contributed by atoms with Gasteiger partial charge in [0, 0.05) is 37.7 Å². The molecule has 0 aliphatic heterocycles. The molecule has 0 saturated carbocycles. The zero-order chi connectivity index (χ0) is 18.8. The molecule has 0 radical (unpaired) electrons. The van der Waals surface area contributed by atoms with Crippen molar-refractivity contribution in [1.82, 2.24) is 9.13 Å². The van der Waals surface area contributed by atoms with Crippen molar-refractivity contribution in [3.05, 3.63) is 65.7 Å². The molecule has 134 valence electrons. The lowest BCUT2D eigenvalue weighted by Crippen LogP contribution is -2.15. The lowest BCUT2D eigenvalue weighted by atomic mass is 10.1. The van der Waals surface area contributed by atoms with E-state index in [0.717, 1.165) is 16.7 Å². The lowest BCUT2D eigenvalue weighted by Gasteiger charge is -2.07. The van der Waals surface area contributed by atoms with Crippen molar-refractivity contribution < 1.29 is 14.3 Å². The molecule has 2 heterocycles. The second-order valence-corrected chi connectivity index (χ2v) is 6.26. The minimum absolute atomic E-state index is 0.152. The SMILES string of the molecule is COC(=O)c1cc(-c2ccc(NC(=O)c3cc(C)cn3C)cc2)cn1C. The molecule has 0 saturated heterocycles. The number of carbonyl (C=O) groups excluding carboxylic acids is 2. The standard InChI is InChI=1S/C20H21N3O3/c1-13-9-17(22(2)11-13)19(24)21-16-7-5-14(6-8-16)15-10-18(20(25)26-4)23(3)12-15/h5-12H,1-4H3,(H,21,24). The number of hydrogen-bond acceptors (Lipinski definition) is 3. The zero-order valence-electron chi connectivity index (χ0n) is 15.2. The third kappa shape index (κ3) is 3.39. The number of rotatable bonds is 4. The Morgan fingerprint density at radius 1 is 0.923 bits per heavy atom. The van der Waals surface area contributed by atoms with Crippen LogP contribution in [-0.4, -0.2) is 28.1 Å². The Labute approximate surface area is 152 Å². The predicted molar refractivity (Wildman–Crippen MR) is 100 cm³/mol. The highest BCUT2D eigenvalue weighted by Gasteiger charge is 2.14. The van der Waals surface area contributed by atoms with Crippen LogP contribution >= 0.6 is 0 Å². The Morgan fingerprint density at radius 3 is 2.15 bits per heavy atom. The van der Waals surface area contributed by atoms with Crippen molar-refractivity contribution in [3.8, 4) is 11.1 Å². The monoisotopic (exact) mass is 351 g/mol. The molecule has 1 N–H and O–H groups in total. The van der Waals surface area contributed by atoms with Gasteiger partial charge in [-0.1, -0.05) is 12.1 Å². The zero-order valence-corrected chi connectivity index (χ0v) is 15.2. The highest BCUT2D eigenvalue weighted by atomic mass is 16.5. The molecule has 0 spiro atoms. The summed E-state index contributed by atoms with van der Waals surface area (Å²) in [6.07, 6.45) is 3.78. The van der Waals surface area contributed by atoms with E-state index in [-0.39, 0.29) is 11.9 Å². The first-order valence-electron chi connectivity index (χ1n) is 8.18. The van der Waals surface area contributed by atoms with Gasteiger partial charge in [0.1, 0.15) is 11.4 Å². The van der Waals surface area contributed by atoms with Crippen LogP contribution in [0.3, 0.4) is 0 Å². The van der Waals surface area contributed by atoms with Crippen LogP contribution in [0.1, 0.15) is 26.5 Å². The van der Waals surface area contributed by atoms with E-state index in [9.17, 15) is 9.59 Å². The van der Waals surface area contributed by atoms with Crippen LogP contribution in [0.2, 0.25) is 0 Å². The number of ether oxygens (including phenoxy) is 1. The number of aryl methyl sites for hydroxylation is 3. The Kier molecular flexibility index (Phi) is 4.67. The highest BCUT2D eigenvalue weighted by Crippen LogP contribution is 2.24. The third-order valence-electron chi connectivity index (χ3n) is 4.25. The number of hydrogen-bond donors (Lipinski definition) is 1. The fourth-order valence-electron chi connectivity index (χ4n) is 2.93. The molecule has 0 atom stereocenters. The molecule has 0 aliphatic rings. The van der Waals surface area contributed by atoms with E-state index in [1.807, 2.05) is 56.7 Å². The molecule has 0 bridgehead atoms. The molecule has 3 aromatic rings. The van der Waals surface area contributed by atoms with Crippen molar-refractivity contribution in [3.63, 3.8) is 0 Å². The van der Waals surface area contributed by atoms with Crippen LogP contribution < -0.4 is 5.32 Å². The Balaban J connectivity index is 1.78. The summed E-state index contributed by atoms with van der Waals surface area (Å²) in [7, 11) is 5.01. The van der Waals surface area contributed by atoms with Crippen molar-refractivity contribution >= 4 is 17.6 Å². The molecule has 6 heteroatoms. The minimum atomic E-state index is -0.375. The van der Waals surface area contributed by atoms with Gasteiger partial charge in [-0.3, -0.25) is 4.79 Å². The molecule has 3 rings (SSSR count). The maximum atomic E-state index is 12.4. The van der Waals surface area contributed by atoms with Gasteiger partial charge < -0.3 is 19.2 Å². The fraction of sp³-hybridized carbons (Fsp3) is 0.200. The topological polar surface area (TPSA) is 65.3 Å². The molecular weight excluding hydrogens is 330 g/mol. The number of carbonyl (C=O) groups is 2. The number of aromatic nitrogens is 2. The second-order valence-electron chi connectivity index (χ2n) is 6.26. The van der Waals surface area contributed by atoms with Gasteiger partial charge in [0.15, 0.2) is 0 Å². The summed E-state index contributed by atoms with van der Waals surface area (Å²) in [5.41, 5.74) is 4.70. The quantitative estimate of drug-likeness (QED) is 0.733. The van der Waals surface area contributed by atoms with Crippen LogP contribution in [0, 0.1) is 6.92 Å². The summed E-state index contributed by atoms with van der Waals surface area (Å²) in [6, 6.07) is 11.1. The van der Waals surface area contributed by atoms with Crippen LogP contribution in [-0.2, 0) is 18.8 Å². The third-order valence-corrected chi connectivity index (χ3v) is 4.25. The summed E-state index contributed by atoms with van der Waals surface area (Å²) in [5.74, 6) is -0.526. The first kappa shape index (κ1) is 17.5. The first-order chi connectivity index (χ1) is 12.4. The van der Waals surface area contributed by atoms with Gasteiger partial charge in [0.25, 0.3) is 5.91 Å². The summed E-state index contributed by atoms with van der Waals surface area (Å²) >= 11 is 0. The van der Waals surface area contributed by atoms with Gasteiger partial charge >= 0.3 is 5.97 Å². The van der Waals surface area contributed by atoms with Crippen molar-refractivity contribution in [1.29, 1.82) is 0 Å². The van der Waals surface area contributed by atoms with Crippen LogP contribution in [0.5, 0.6) is 0 Å². The number of anilines is 1. The Morgan fingerprint density at radius 2 is 1.58 bits per heavy atom. The van der Waals surface area contributed by atoms with Crippen molar-refractivity contribution in [2.24, 2.45) is 14.1 Å². The average Bonchev–Trinajstić information content (AvgIpc) is 3.17. The molecule has 2 aromatic heterocycles. The first-order valence-corrected chi connectivity index (χ1v) is 8.18. The second kappa shape index (κ2) is 6.92. The number of nitrogens with one attached hydrogen (secondary N) is 1. The van der Waals surface area contributed by atoms with Crippen LogP contribution in [0.4, 0.5) is 5.69 Å². The van der Waals surface area contributed by atoms with Crippen molar-refractivity contribution in [2.45, 2.75) is 6.92 Å². The lowest BCUT2D eigenvalue weighted by molar-refractivity contribution is 0.0590. The Bertz CT molecular complexity index is 965. The number of amides is 1. The maximum absolute atomic E-state index is 12.4. The van der Waals surface area contributed by atoms with E-state index in [1.54, 1.807) is 22.2 Å². The number of esters is 1. The summed E-state index contributed by atoms with van der Waals surface area (Å²) in [5, 5.41) is 2.90. The van der Waals surface area contributed by atoms with Gasteiger partial charge in [-0.25, -0.2) is 4.79 Å². The summed E-state index contributed by atoms with van der Waals surface area (Å²) < 4.78 is 8.31. The number of methoxy groups -OCH3 is 1. The molecule has 0 aliphatic carbocycles.